The average molecular weight is 289 g/mol. The second-order valence-corrected chi connectivity index (χ2v) is 5.52. The molecule has 0 saturated carbocycles. The van der Waals surface area contributed by atoms with E-state index in [1.165, 1.54) is 18.3 Å². The van der Waals surface area contributed by atoms with Gasteiger partial charge < -0.3 is 0 Å². The molecular weight excluding hydrogens is 273 g/mol. The first kappa shape index (κ1) is 14.8. The van der Waals surface area contributed by atoms with Crippen molar-refractivity contribution in [2.24, 2.45) is 5.10 Å². The molecule has 2 aromatic rings. The molecule has 0 amide bonds. The molecule has 110 valence electrons. The van der Waals surface area contributed by atoms with Crippen molar-refractivity contribution < 1.29 is 4.39 Å². The fourth-order valence-electron chi connectivity index (χ4n) is 1.59. The third kappa shape index (κ3) is 3.95. The fourth-order valence-corrected chi connectivity index (χ4v) is 1.59. The number of benzene rings is 1. The largest absolute Gasteiger partial charge is 0.288 e. The highest BCUT2D eigenvalue weighted by molar-refractivity contribution is 5.79. The summed E-state index contributed by atoms with van der Waals surface area (Å²) >= 11 is 0. The molecule has 6 nitrogen and oxygen atoms in total. The summed E-state index contributed by atoms with van der Waals surface area (Å²) in [4.78, 5) is 14.4. The molecule has 0 aliphatic carbocycles. The molecule has 2 N–H and O–H groups in total. The van der Waals surface area contributed by atoms with Crippen molar-refractivity contribution in [3.8, 4) is 0 Å². The van der Waals surface area contributed by atoms with Gasteiger partial charge in [0.25, 0.3) is 5.56 Å². The molecule has 1 aromatic heterocycles. The van der Waals surface area contributed by atoms with E-state index in [2.05, 4.69) is 25.7 Å². The first-order chi connectivity index (χ1) is 9.86. The Hall–Kier alpha value is -2.57. The maximum absolute atomic E-state index is 12.7. The van der Waals surface area contributed by atoms with Crippen LogP contribution in [0, 0.1) is 5.82 Å². The Labute approximate surface area is 121 Å². The van der Waals surface area contributed by atoms with Gasteiger partial charge in [-0.3, -0.25) is 9.78 Å². The summed E-state index contributed by atoms with van der Waals surface area (Å²) < 4.78 is 12.7. The highest BCUT2D eigenvalue weighted by Crippen LogP contribution is 2.15. The molecule has 0 atom stereocenters. The minimum absolute atomic E-state index is 0.145. The smallest absolute Gasteiger partial charge is 0.274 e. The van der Waals surface area contributed by atoms with Crippen molar-refractivity contribution in [1.82, 2.24) is 15.2 Å². The van der Waals surface area contributed by atoms with Gasteiger partial charge in [0, 0.05) is 5.41 Å². The molecule has 0 aliphatic heterocycles. The molecular formula is C14H16FN5O. The quantitative estimate of drug-likeness (QED) is 0.669. The van der Waals surface area contributed by atoms with Crippen LogP contribution in [0.3, 0.4) is 0 Å². The van der Waals surface area contributed by atoms with Crippen molar-refractivity contribution in [1.29, 1.82) is 0 Å². The van der Waals surface area contributed by atoms with E-state index in [1.54, 1.807) is 12.1 Å². The van der Waals surface area contributed by atoms with E-state index < -0.39 is 0 Å². The number of H-pyrrole nitrogens is 1. The second kappa shape index (κ2) is 5.82. The van der Waals surface area contributed by atoms with E-state index in [-0.39, 0.29) is 22.7 Å². The van der Waals surface area contributed by atoms with Crippen LogP contribution in [0.1, 0.15) is 32.0 Å². The number of hydrogen-bond donors (Lipinski definition) is 2. The molecule has 0 bridgehead atoms. The Bertz CT molecular complexity index is 701. The van der Waals surface area contributed by atoms with Gasteiger partial charge in [0.15, 0.2) is 0 Å². The molecule has 0 spiro atoms. The molecule has 0 radical (unpaired) electrons. The average Bonchev–Trinajstić information content (AvgIpc) is 2.40. The lowest BCUT2D eigenvalue weighted by molar-refractivity contribution is 0.547. The van der Waals surface area contributed by atoms with Gasteiger partial charge in [-0.05, 0) is 17.7 Å². The normalized spacial score (nSPS) is 11.8. The van der Waals surface area contributed by atoms with Crippen LogP contribution in [0.25, 0.3) is 0 Å². The number of hydrazone groups is 1. The van der Waals surface area contributed by atoms with Gasteiger partial charge in [-0.15, -0.1) is 10.2 Å². The number of rotatable bonds is 3. The fraction of sp³-hybridized carbons (Fsp3) is 0.286. The van der Waals surface area contributed by atoms with Gasteiger partial charge in [0.2, 0.25) is 5.95 Å². The first-order valence-electron chi connectivity index (χ1n) is 6.38. The third-order valence-electron chi connectivity index (χ3n) is 2.66. The predicted octanol–water partition coefficient (Wildman–Crippen LogP) is 2.05. The Morgan fingerprint density at radius 1 is 1.24 bits per heavy atom. The summed E-state index contributed by atoms with van der Waals surface area (Å²) in [6.07, 6.45) is 1.48. The monoisotopic (exact) mass is 289 g/mol. The number of aromatic amines is 1. The lowest BCUT2D eigenvalue weighted by atomic mass is 9.93. The van der Waals surface area contributed by atoms with Gasteiger partial charge >= 0.3 is 0 Å². The molecule has 2 rings (SSSR count). The zero-order valence-electron chi connectivity index (χ0n) is 12.0. The first-order valence-corrected chi connectivity index (χ1v) is 6.38. The van der Waals surface area contributed by atoms with E-state index in [4.69, 9.17) is 0 Å². The molecule has 0 unspecified atom stereocenters. The highest BCUT2D eigenvalue weighted by Gasteiger charge is 2.20. The Morgan fingerprint density at radius 2 is 1.90 bits per heavy atom. The molecule has 1 aromatic carbocycles. The van der Waals surface area contributed by atoms with E-state index in [9.17, 15) is 9.18 Å². The minimum atomic E-state index is -0.378. The molecule has 1 heterocycles. The summed E-state index contributed by atoms with van der Waals surface area (Å²) in [6, 6.07) is 5.83. The van der Waals surface area contributed by atoms with E-state index in [1.807, 2.05) is 20.8 Å². The number of nitrogens with zero attached hydrogens (tertiary/aromatic N) is 3. The van der Waals surface area contributed by atoms with Crippen LogP contribution in [-0.2, 0) is 5.41 Å². The van der Waals surface area contributed by atoms with E-state index in [0.717, 1.165) is 0 Å². The van der Waals surface area contributed by atoms with Crippen LogP contribution in [0.4, 0.5) is 10.3 Å². The summed E-state index contributed by atoms with van der Waals surface area (Å²) in [7, 11) is 0. The van der Waals surface area contributed by atoms with E-state index in [0.29, 0.717) is 11.3 Å². The highest BCUT2D eigenvalue weighted by atomic mass is 19.1. The minimum Gasteiger partial charge on any atom is -0.288 e. The van der Waals surface area contributed by atoms with Crippen LogP contribution in [-0.4, -0.2) is 21.4 Å². The van der Waals surface area contributed by atoms with Crippen molar-refractivity contribution in [3.63, 3.8) is 0 Å². The standard InChI is InChI=1S/C14H16FN5O/c1-14(2,3)11-12(21)17-13(20-18-11)19-16-8-9-4-6-10(15)7-5-9/h4-8H,1-3H3,(H2,17,19,20,21)/b16-8+. The van der Waals surface area contributed by atoms with Crippen molar-refractivity contribution in [2.45, 2.75) is 26.2 Å². The molecule has 0 aliphatic rings. The zero-order chi connectivity index (χ0) is 15.5. The molecule has 0 saturated heterocycles. The topological polar surface area (TPSA) is 83.0 Å². The van der Waals surface area contributed by atoms with Crippen LogP contribution >= 0.6 is 0 Å². The summed E-state index contributed by atoms with van der Waals surface area (Å²) in [5, 5.41) is 11.7. The summed E-state index contributed by atoms with van der Waals surface area (Å²) in [6.45, 7) is 5.64. The van der Waals surface area contributed by atoms with Gasteiger partial charge in [0.1, 0.15) is 11.5 Å². The van der Waals surface area contributed by atoms with Gasteiger partial charge in [-0.2, -0.15) is 5.10 Å². The zero-order valence-corrected chi connectivity index (χ0v) is 12.0. The van der Waals surface area contributed by atoms with Crippen LogP contribution < -0.4 is 11.0 Å². The number of anilines is 1. The predicted molar refractivity (Wildman–Crippen MR) is 79.0 cm³/mol. The number of hydrogen-bond acceptors (Lipinski definition) is 5. The Kier molecular flexibility index (Phi) is 4.11. The van der Waals surface area contributed by atoms with Gasteiger partial charge in [-0.25, -0.2) is 9.82 Å². The lowest BCUT2D eigenvalue weighted by Crippen LogP contribution is -2.28. The molecule has 0 fully saturated rings. The van der Waals surface area contributed by atoms with Crippen LogP contribution in [0.15, 0.2) is 34.2 Å². The third-order valence-corrected chi connectivity index (χ3v) is 2.66. The summed E-state index contributed by atoms with van der Waals surface area (Å²) in [5.74, 6) is -0.167. The van der Waals surface area contributed by atoms with Crippen LogP contribution in [0.5, 0.6) is 0 Å². The van der Waals surface area contributed by atoms with Crippen molar-refractivity contribution in [2.75, 3.05) is 5.43 Å². The van der Waals surface area contributed by atoms with Gasteiger partial charge in [-0.1, -0.05) is 32.9 Å². The number of nitrogens with one attached hydrogen (secondary N) is 2. The molecule has 21 heavy (non-hydrogen) atoms. The second-order valence-electron chi connectivity index (χ2n) is 5.52. The lowest BCUT2D eigenvalue weighted by Gasteiger charge is -2.15. The van der Waals surface area contributed by atoms with Gasteiger partial charge in [0.05, 0.1) is 6.21 Å². The van der Waals surface area contributed by atoms with E-state index >= 15 is 0 Å². The maximum Gasteiger partial charge on any atom is 0.274 e. The van der Waals surface area contributed by atoms with Crippen molar-refractivity contribution in [3.05, 3.63) is 51.7 Å². The maximum atomic E-state index is 12.7. The van der Waals surface area contributed by atoms with Crippen LogP contribution in [0.2, 0.25) is 0 Å². The SMILES string of the molecule is CC(C)(C)c1nnc(N/N=C/c2ccc(F)cc2)[nH]c1=O. The number of aromatic nitrogens is 3. The summed E-state index contributed by atoms with van der Waals surface area (Å²) in [5.41, 5.74) is 2.96. The Balaban J connectivity index is 2.09. The Morgan fingerprint density at radius 3 is 2.48 bits per heavy atom. The van der Waals surface area contributed by atoms with Crippen molar-refractivity contribution >= 4 is 12.2 Å². The molecule has 7 heteroatoms. The number of halogens is 1.